The van der Waals surface area contributed by atoms with Crippen LogP contribution in [0, 0.1) is 11.8 Å². The average molecular weight is 335 g/mol. The number of nitrogens with one attached hydrogen (secondary N) is 1. The Bertz CT molecular complexity index is 722. The van der Waals surface area contributed by atoms with Gasteiger partial charge in [0.1, 0.15) is 0 Å². The molecule has 4 rings (SSSR count). The summed E-state index contributed by atoms with van der Waals surface area (Å²) < 4.78 is 25.5. The van der Waals surface area contributed by atoms with Gasteiger partial charge in [-0.25, -0.2) is 8.42 Å². The number of rotatable bonds is 2. The van der Waals surface area contributed by atoms with E-state index in [1.165, 1.54) is 4.31 Å². The molecular formula is C16H21N3O3S. The van der Waals surface area contributed by atoms with E-state index < -0.39 is 10.0 Å². The molecule has 7 heteroatoms. The van der Waals surface area contributed by atoms with Gasteiger partial charge in [0, 0.05) is 38.3 Å². The Morgan fingerprint density at radius 2 is 1.91 bits per heavy atom. The van der Waals surface area contributed by atoms with Gasteiger partial charge in [-0.3, -0.25) is 9.10 Å². The van der Waals surface area contributed by atoms with Gasteiger partial charge in [-0.1, -0.05) is 6.07 Å². The zero-order valence-corrected chi connectivity index (χ0v) is 13.8. The molecule has 3 saturated heterocycles. The van der Waals surface area contributed by atoms with E-state index in [0.29, 0.717) is 36.1 Å². The Balaban J connectivity index is 1.56. The zero-order valence-electron chi connectivity index (χ0n) is 12.9. The van der Waals surface area contributed by atoms with E-state index in [4.69, 9.17) is 0 Å². The quantitative estimate of drug-likeness (QED) is 0.855. The second-order valence-electron chi connectivity index (χ2n) is 6.68. The molecule has 2 atom stereocenters. The molecule has 0 unspecified atom stereocenters. The van der Waals surface area contributed by atoms with Crippen LogP contribution in [0.15, 0.2) is 24.3 Å². The highest BCUT2D eigenvalue weighted by Crippen LogP contribution is 2.29. The van der Waals surface area contributed by atoms with Gasteiger partial charge in [0.05, 0.1) is 11.4 Å². The van der Waals surface area contributed by atoms with Crippen LogP contribution in [0.1, 0.15) is 16.8 Å². The lowest BCUT2D eigenvalue weighted by atomic mass is 10.0. The van der Waals surface area contributed by atoms with Gasteiger partial charge in [-0.15, -0.1) is 0 Å². The van der Waals surface area contributed by atoms with Crippen LogP contribution in [0.4, 0.5) is 5.69 Å². The topological polar surface area (TPSA) is 69.7 Å². The third-order valence-corrected chi connectivity index (χ3v) is 7.03. The minimum Gasteiger partial charge on any atom is -0.338 e. The number of hydrogen-bond acceptors (Lipinski definition) is 4. The lowest BCUT2D eigenvalue weighted by Crippen LogP contribution is -2.32. The highest BCUT2D eigenvalue weighted by Gasteiger charge is 2.38. The van der Waals surface area contributed by atoms with Crippen LogP contribution in [0.3, 0.4) is 0 Å². The second kappa shape index (κ2) is 5.49. The highest BCUT2D eigenvalue weighted by molar-refractivity contribution is 7.93. The molecule has 124 valence electrons. The van der Waals surface area contributed by atoms with Crippen LogP contribution >= 0.6 is 0 Å². The minimum absolute atomic E-state index is 0.0119. The Morgan fingerprint density at radius 1 is 1.17 bits per heavy atom. The number of carbonyl (C=O) groups excluding carboxylic acids is 1. The second-order valence-corrected chi connectivity index (χ2v) is 8.69. The van der Waals surface area contributed by atoms with Crippen molar-refractivity contribution in [2.75, 3.05) is 42.8 Å². The highest BCUT2D eigenvalue weighted by atomic mass is 32.2. The summed E-state index contributed by atoms with van der Waals surface area (Å²) in [5.74, 6) is 1.31. The van der Waals surface area contributed by atoms with Gasteiger partial charge >= 0.3 is 0 Å². The van der Waals surface area contributed by atoms with Crippen molar-refractivity contribution in [1.82, 2.24) is 10.2 Å². The lowest BCUT2D eigenvalue weighted by Gasteiger charge is -2.20. The van der Waals surface area contributed by atoms with E-state index in [1.54, 1.807) is 24.3 Å². The third kappa shape index (κ3) is 2.61. The fourth-order valence-electron chi connectivity index (χ4n) is 3.93. The van der Waals surface area contributed by atoms with Crippen molar-refractivity contribution in [2.45, 2.75) is 6.42 Å². The largest absolute Gasteiger partial charge is 0.338 e. The first-order valence-electron chi connectivity index (χ1n) is 8.15. The Morgan fingerprint density at radius 3 is 2.57 bits per heavy atom. The first-order chi connectivity index (χ1) is 11.0. The van der Waals surface area contributed by atoms with Gasteiger partial charge in [0.2, 0.25) is 10.0 Å². The van der Waals surface area contributed by atoms with Crippen molar-refractivity contribution in [3.05, 3.63) is 29.8 Å². The smallest absolute Gasteiger partial charge is 0.253 e. The summed E-state index contributed by atoms with van der Waals surface area (Å²) in [6, 6.07) is 7.04. The number of anilines is 1. The van der Waals surface area contributed by atoms with Crippen LogP contribution in [-0.2, 0) is 10.0 Å². The molecule has 1 N–H and O–H groups in total. The molecule has 0 bridgehead atoms. The summed E-state index contributed by atoms with van der Waals surface area (Å²) in [5, 5.41) is 3.37. The maximum Gasteiger partial charge on any atom is 0.253 e. The number of fused-ring (bicyclic) bond motifs is 1. The summed E-state index contributed by atoms with van der Waals surface area (Å²) in [7, 11) is -3.21. The molecule has 3 aliphatic rings. The van der Waals surface area contributed by atoms with Gasteiger partial charge < -0.3 is 10.2 Å². The average Bonchev–Trinajstić information content (AvgIpc) is 3.20. The van der Waals surface area contributed by atoms with E-state index in [2.05, 4.69) is 5.32 Å². The van der Waals surface area contributed by atoms with Gasteiger partial charge in [-0.2, -0.15) is 0 Å². The number of nitrogens with zero attached hydrogens (tertiary/aromatic N) is 2. The van der Waals surface area contributed by atoms with Crippen LogP contribution in [0.2, 0.25) is 0 Å². The monoisotopic (exact) mass is 335 g/mol. The van der Waals surface area contributed by atoms with Gasteiger partial charge in [-0.05, 0) is 36.5 Å². The summed E-state index contributed by atoms with van der Waals surface area (Å²) in [6.45, 7) is 4.06. The molecule has 6 nitrogen and oxygen atoms in total. The molecular weight excluding hydrogens is 314 g/mol. The molecule has 0 aliphatic carbocycles. The summed E-state index contributed by atoms with van der Waals surface area (Å²) in [5.41, 5.74) is 1.19. The number of hydrogen-bond donors (Lipinski definition) is 1. The van der Waals surface area contributed by atoms with Crippen LogP contribution < -0.4 is 9.62 Å². The first-order valence-corrected chi connectivity index (χ1v) is 9.76. The molecule has 0 radical (unpaired) electrons. The molecule has 3 heterocycles. The standard InChI is InChI=1S/C16H21N3O3S/c20-16(18-10-13-8-17-9-14(13)11-18)12-3-1-4-15(7-12)19-5-2-6-23(19,21)22/h1,3-4,7,13-14,17H,2,5-6,8-11H2/t13-,14+. The van der Waals surface area contributed by atoms with Crippen LogP contribution in [-0.4, -0.2) is 57.7 Å². The van der Waals surface area contributed by atoms with E-state index >= 15 is 0 Å². The lowest BCUT2D eigenvalue weighted by molar-refractivity contribution is 0.0781. The van der Waals surface area contributed by atoms with Crippen molar-refractivity contribution < 1.29 is 13.2 Å². The maximum atomic E-state index is 12.7. The Hall–Kier alpha value is -1.60. The third-order valence-electron chi connectivity index (χ3n) is 5.16. The minimum atomic E-state index is -3.21. The first kappa shape index (κ1) is 15.0. The molecule has 1 amide bonds. The predicted octanol–water partition coefficient (Wildman–Crippen LogP) is 0.518. The molecule has 0 spiro atoms. The zero-order chi connectivity index (χ0) is 16.0. The number of likely N-dealkylation sites (tertiary alicyclic amines) is 1. The molecule has 1 aromatic rings. The van der Waals surface area contributed by atoms with E-state index in [1.807, 2.05) is 4.90 Å². The summed E-state index contributed by atoms with van der Waals surface area (Å²) in [6.07, 6.45) is 0.642. The number of sulfonamides is 1. The maximum absolute atomic E-state index is 12.7. The van der Waals surface area contributed by atoms with Gasteiger partial charge in [0.15, 0.2) is 0 Å². The van der Waals surface area contributed by atoms with Crippen LogP contribution in [0.5, 0.6) is 0 Å². The van der Waals surface area contributed by atoms with Gasteiger partial charge in [0.25, 0.3) is 5.91 Å². The van der Waals surface area contributed by atoms with E-state index in [9.17, 15) is 13.2 Å². The van der Waals surface area contributed by atoms with E-state index in [0.717, 1.165) is 26.2 Å². The fraction of sp³-hybridized carbons (Fsp3) is 0.562. The molecule has 0 saturated carbocycles. The molecule has 23 heavy (non-hydrogen) atoms. The number of carbonyl (C=O) groups is 1. The normalized spacial score (nSPS) is 29.0. The molecule has 1 aromatic carbocycles. The Kier molecular flexibility index (Phi) is 3.57. The van der Waals surface area contributed by atoms with Crippen LogP contribution in [0.25, 0.3) is 0 Å². The van der Waals surface area contributed by atoms with Crippen molar-refractivity contribution in [2.24, 2.45) is 11.8 Å². The van der Waals surface area contributed by atoms with E-state index in [-0.39, 0.29) is 11.7 Å². The van der Waals surface area contributed by atoms with Crippen molar-refractivity contribution >= 4 is 21.6 Å². The Labute approximate surface area is 136 Å². The van der Waals surface area contributed by atoms with Crippen molar-refractivity contribution in [1.29, 1.82) is 0 Å². The molecule has 0 aromatic heterocycles. The molecule has 3 aliphatic heterocycles. The van der Waals surface area contributed by atoms with Crippen molar-refractivity contribution in [3.8, 4) is 0 Å². The summed E-state index contributed by atoms with van der Waals surface area (Å²) >= 11 is 0. The fourth-order valence-corrected chi connectivity index (χ4v) is 5.48. The predicted molar refractivity (Wildman–Crippen MR) is 87.9 cm³/mol. The number of benzene rings is 1. The SMILES string of the molecule is O=C(c1cccc(N2CCCS2(=O)=O)c1)N1C[C@H]2CNC[C@H]2C1. The molecule has 3 fully saturated rings. The number of amides is 1. The summed E-state index contributed by atoms with van der Waals surface area (Å²) in [4.78, 5) is 14.7. The van der Waals surface area contributed by atoms with Crippen molar-refractivity contribution in [3.63, 3.8) is 0 Å².